The lowest BCUT2D eigenvalue weighted by Gasteiger charge is -2.08. The predicted octanol–water partition coefficient (Wildman–Crippen LogP) is 3.74. The Morgan fingerprint density at radius 3 is 2.57 bits per heavy atom. The Morgan fingerprint density at radius 1 is 1.11 bits per heavy atom. The van der Waals surface area contributed by atoms with Crippen LogP contribution in [-0.2, 0) is 28.8 Å². The van der Waals surface area contributed by atoms with E-state index in [0.29, 0.717) is 17.0 Å². The molecule has 148 valence electrons. The average molecular weight is 400 g/mol. The Kier molecular flexibility index (Phi) is 6.98. The molecule has 0 bridgehead atoms. The van der Waals surface area contributed by atoms with Crippen LogP contribution in [-0.4, -0.2) is 30.8 Å². The number of carbonyl (C=O) groups is 3. The van der Waals surface area contributed by atoms with Gasteiger partial charge in [0.1, 0.15) is 4.88 Å². The molecule has 2 aromatic rings. The number of Topliss-reactive ketones (excluding diaryl/α,β-unsaturated/α-hetero) is 1. The summed E-state index contributed by atoms with van der Waals surface area (Å²) >= 11 is 1.49. The van der Waals surface area contributed by atoms with E-state index in [1.165, 1.54) is 41.5 Å². The zero-order valence-corrected chi connectivity index (χ0v) is 16.9. The fourth-order valence-corrected chi connectivity index (χ4v) is 4.44. The molecule has 0 unspecified atom stereocenters. The highest BCUT2D eigenvalue weighted by Gasteiger charge is 2.19. The van der Waals surface area contributed by atoms with Crippen LogP contribution < -0.4 is 5.32 Å². The highest BCUT2D eigenvalue weighted by Crippen LogP contribution is 2.30. The molecule has 1 heterocycles. The van der Waals surface area contributed by atoms with Gasteiger partial charge in [-0.1, -0.05) is 24.3 Å². The van der Waals surface area contributed by atoms with Crippen LogP contribution in [0, 0.1) is 0 Å². The van der Waals surface area contributed by atoms with E-state index in [-0.39, 0.29) is 18.3 Å². The fraction of sp³-hybridized carbons (Fsp3) is 0.409. The van der Waals surface area contributed by atoms with Crippen molar-refractivity contribution in [3.8, 4) is 0 Å². The van der Waals surface area contributed by atoms with Gasteiger partial charge in [0.15, 0.2) is 12.4 Å². The van der Waals surface area contributed by atoms with E-state index in [9.17, 15) is 14.4 Å². The number of carbonyl (C=O) groups excluding carboxylic acids is 3. The van der Waals surface area contributed by atoms with Gasteiger partial charge in [-0.25, -0.2) is 4.79 Å². The van der Waals surface area contributed by atoms with Crippen LogP contribution in [0.1, 0.15) is 62.2 Å². The lowest BCUT2D eigenvalue weighted by atomic mass is 9.99. The molecule has 1 aliphatic rings. The van der Waals surface area contributed by atoms with Crippen molar-refractivity contribution in [2.24, 2.45) is 0 Å². The van der Waals surface area contributed by atoms with Crippen LogP contribution in [0.25, 0.3) is 0 Å². The van der Waals surface area contributed by atoms with Crippen molar-refractivity contribution in [2.45, 2.75) is 45.4 Å². The summed E-state index contributed by atoms with van der Waals surface area (Å²) in [4.78, 5) is 37.3. The van der Waals surface area contributed by atoms with Gasteiger partial charge in [-0.05, 0) is 55.7 Å². The van der Waals surface area contributed by atoms with Gasteiger partial charge in [0, 0.05) is 23.9 Å². The second kappa shape index (κ2) is 9.64. The Bertz CT molecular complexity index is 830. The number of thiophene rings is 1. The summed E-state index contributed by atoms with van der Waals surface area (Å²) in [7, 11) is 0. The predicted molar refractivity (Wildman–Crippen MR) is 109 cm³/mol. The second-order valence-electron chi connectivity index (χ2n) is 7.05. The first-order valence-electron chi connectivity index (χ1n) is 9.68. The first-order chi connectivity index (χ1) is 13.5. The van der Waals surface area contributed by atoms with Crippen LogP contribution in [0.2, 0.25) is 0 Å². The quantitative estimate of drug-likeness (QED) is 0.417. The zero-order chi connectivity index (χ0) is 19.9. The molecule has 3 rings (SSSR count). The maximum atomic E-state index is 12.3. The standard InChI is InChI=1S/C22H25NO4S/c1-15(24)23-12-4-5-16-8-10-17(11-9-16)19(25)14-27-22(26)21-13-18-6-2-3-7-20(18)28-21/h8-11,13H,2-7,12,14H2,1H3,(H,23,24). The van der Waals surface area contributed by atoms with Crippen molar-refractivity contribution in [3.63, 3.8) is 0 Å². The average Bonchev–Trinajstić information content (AvgIpc) is 3.14. The number of esters is 1. The number of ether oxygens (including phenoxy) is 1. The molecule has 1 amide bonds. The summed E-state index contributed by atoms with van der Waals surface area (Å²) in [5.41, 5.74) is 2.88. The highest BCUT2D eigenvalue weighted by molar-refractivity contribution is 7.14. The third-order valence-corrected chi connectivity index (χ3v) is 6.04. The van der Waals surface area contributed by atoms with Gasteiger partial charge in [0.05, 0.1) is 0 Å². The van der Waals surface area contributed by atoms with Crippen molar-refractivity contribution in [1.29, 1.82) is 0 Å². The summed E-state index contributed by atoms with van der Waals surface area (Å²) in [6.45, 7) is 1.89. The number of hydrogen-bond acceptors (Lipinski definition) is 5. The molecule has 6 heteroatoms. The molecule has 5 nitrogen and oxygen atoms in total. The van der Waals surface area contributed by atoms with Crippen LogP contribution in [0.4, 0.5) is 0 Å². The molecule has 1 aromatic heterocycles. The van der Waals surface area contributed by atoms with E-state index in [0.717, 1.165) is 31.2 Å². The topological polar surface area (TPSA) is 72.5 Å². The molecule has 0 saturated heterocycles. The van der Waals surface area contributed by atoms with Crippen molar-refractivity contribution in [2.75, 3.05) is 13.2 Å². The van der Waals surface area contributed by atoms with Crippen LogP contribution in [0.15, 0.2) is 30.3 Å². The molecule has 0 spiro atoms. The maximum Gasteiger partial charge on any atom is 0.348 e. The largest absolute Gasteiger partial charge is 0.453 e. The Labute approximate surface area is 169 Å². The zero-order valence-electron chi connectivity index (χ0n) is 16.1. The molecule has 0 fully saturated rings. The molecule has 0 atom stereocenters. The number of benzene rings is 1. The highest BCUT2D eigenvalue weighted by atomic mass is 32.1. The summed E-state index contributed by atoms with van der Waals surface area (Å²) in [6.07, 6.45) is 6.06. The molecule has 1 aromatic carbocycles. The number of hydrogen-bond donors (Lipinski definition) is 1. The van der Waals surface area contributed by atoms with Gasteiger partial charge in [0.25, 0.3) is 0 Å². The van der Waals surface area contributed by atoms with E-state index >= 15 is 0 Å². The molecule has 28 heavy (non-hydrogen) atoms. The van der Waals surface area contributed by atoms with Crippen molar-refractivity contribution < 1.29 is 19.1 Å². The van der Waals surface area contributed by atoms with Gasteiger partial charge < -0.3 is 10.1 Å². The van der Waals surface area contributed by atoms with Crippen molar-refractivity contribution in [1.82, 2.24) is 5.32 Å². The number of rotatable bonds is 8. The number of fused-ring (bicyclic) bond motifs is 1. The summed E-state index contributed by atoms with van der Waals surface area (Å²) in [5, 5.41) is 2.76. The number of aryl methyl sites for hydroxylation is 3. The lowest BCUT2D eigenvalue weighted by molar-refractivity contribution is -0.118. The van der Waals surface area contributed by atoms with Crippen molar-refractivity contribution in [3.05, 3.63) is 56.8 Å². The van der Waals surface area contributed by atoms with E-state index in [1.807, 2.05) is 18.2 Å². The number of amides is 1. The fourth-order valence-electron chi connectivity index (χ4n) is 3.29. The van der Waals surface area contributed by atoms with Crippen molar-refractivity contribution >= 4 is 29.0 Å². The van der Waals surface area contributed by atoms with Gasteiger partial charge in [-0.3, -0.25) is 9.59 Å². The Hall–Kier alpha value is -2.47. The third-order valence-electron chi connectivity index (χ3n) is 4.82. The normalized spacial score (nSPS) is 12.9. The van der Waals surface area contributed by atoms with Crippen LogP contribution >= 0.6 is 11.3 Å². The molecule has 1 aliphatic carbocycles. The Morgan fingerprint density at radius 2 is 1.86 bits per heavy atom. The minimum atomic E-state index is -0.414. The van der Waals surface area contributed by atoms with E-state index in [1.54, 1.807) is 12.1 Å². The molecule has 1 N–H and O–H groups in total. The minimum absolute atomic E-state index is 0.0294. The third kappa shape index (κ3) is 5.52. The first-order valence-corrected chi connectivity index (χ1v) is 10.5. The van der Waals surface area contributed by atoms with Gasteiger partial charge >= 0.3 is 5.97 Å². The smallest absolute Gasteiger partial charge is 0.348 e. The van der Waals surface area contributed by atoms with E-state index < -0.39 is 5.97 Å². The molecule has 0 saturated carbocycles. The van der Waals surface area contributed by atoms with Crippen LogP contribution in [0.5, 0.6) is 0 Å². The summed E-state index contributed by atoms with van der Waals surface area (Å²) in [6, 6.07) is 9.23. The van der Waals surface area contributed by atoms with Gasteiger partial charge in [-0.2, -0.15) is 0 Å². The van der Waals surface area contributed by atoms with Gasteiger partial charge in [-0.15, -0.1) is 11.3 Å². The first kappa shape index (κ1) is 20.3. The lowest BCUT2D eigenvalue weighted by Crippen LogP contribution is -2.21. The van der Waals surface area contributed by atoms with E-state index in [4.69, 9.17) is 4.74 Å². The monoisotopic (exact) mass is 399 g/mol. The van der Waals surface area contributed by atoms with E-state index in [2.05, 4.69) is 5.32 Å². The van der Waals surface area contributed by atoms with Crippen LogP contribution in [0.3, 0.4) is 0 Å². The maximum absolute atomic E-state index is 12.3. The number of ketones is 1. The second-order valence-corrected chi connectivity index (χ2v) is 8.19. The molecule has 0 aliphatic heterocycles. The van der Waals surface area contributed by atoms with Gasteiger partial charge in [0.2, 0.25) is 5.91 Å². The molecular formula is C22H25NO4S. The number of nitrogens with one attached hydrogen (secondary N) is 1. The summed E-state index contributed by atoms with van der Waals surface area (Å²) < 4.78 is 5.24. The SMILES string of the molecule is CC(=O)NCCCc1ccc(C(=O)COC(=O)c2cc3c(s2)CCCC3)cc1. The summed E-state index contributed by atoms with van der Waals surface area (Å²) in [5.74, 6) is -0.653. The molecule has 0 radical (unpaired) electrons. The molecular weight excluding hydrogens is 374 g/mol. The Balaban J connectivity index is 1.47. The minimum Gasteiger partial charge on any atom is -0.453 e.